The summed E-state index contributed by atoms with van der Waals surface area (Å²) in [5, 5.41) is 0. The molecular formula is C28H46N8+2. The number of aryl methyl sites for hydroxylation is 4. The predicted octanol–water partition coefficient (Wildman–Crippen LogP) is 5.45. The van der Waals surface area contributed by atoms with E-state index in [0.29, 0.717) is 0 Å². The molecule has 0 atom stereocenters. The van der Waals surface area contributed by atoms with Gasteiger partial charge in [0.2, 0.25) is 0 Å². The highest BCUT2D eigenvalue weighted by Crippen LogP contribution is 2.15. The molecule has 4 heterocycles. The molecule has 0 unspecified atom stereocenters. The molecule has 4 rings (SSSR count). The maximum atomic E-state index is 4.25. The molecule has 0 aliphatic heterocycles. The van der Waals surface area contributed by atoms with Gasteiger partial charge in [0.25, 0.3) is 12.7 Å². The third-order valence-electron chi connectivity index (χ3n) is 4.20. The lowest BCUT2D eigenvalue weighted by atomic mass is 10.2. The Balaban J connectivity index is 0. The number of hydrogen-bond acceptors (Lipinski definition) is 6. The Morgan fingerprint density at radius 2 is 1.06 bits per heavy atom. The Morgan fingerprint density at radius 1 is 0.583 bits per heavy atom. The molecule has 0 fully saturated rings. The quantitative estimate of drug-likeness (QED) is 0.345. The van der Waals surface area contributed by atoms with Gasteiger partial charge >= 0.3 is 0 Å². The van der Waals surface area contributed by atoms with Gasteiger partial charge in [0.15, 0.2) is 5.69 Å². The van der Waals surface area contributed by atoms with Crippen LogP contribution in [0.4, 0.5) is 0 Å². The highest BCUT2D eigenvalue weighted by Gasteiger charge is 2.10. The average Bonchev–Trinajstić information content (AvgIpc) is 2.95. The van der Waals surface area contributed by atoms with Crippen LogP contribution in [0.25, 0.3) is 22.6 Å². The summed E-state index contributed by atoms with van der Waals surface area (Å²) in [4.78, 5) is 24.4. The molecule has 0 amide bonds. The SMILES string of the molecule is CC.CC.CC.CC.Cc1cncnc1-c1ccnc[n+]1C.Cc1ncncc1-c1ccnc[n+]1C. The van der Waals surface area contributed by atoms with E-state index in [-0.39, 0.29) is 0 Å². The molecule has 8 heteroatoms. The van der Waals surface area contributed by atoms with Crippen LogP contribution in [-0.4, -0.2) is 29.9 Å². The van der Waals surface area contributed by atoms with Crippen molar-refractivity contribution < 1.29 is 9.13 Å². The molecule has 4 aromatic heterocycles. The van der Waals surface area contributed by atoms with Crippen LogP contribution in [0.3, 0.4) is 0 Å². The van der Waals surface area contributed by atoms with Crippen LogP contribution < -0.4 is 9.13 Å². The highest BCUT2D eigenvalue weighted by atomic mass is 15.0. The first-order valence-corrected chi connectivity index (χ1v) is 12.7. The standard InChI is InChI=1S/2C10H11N4.4C2H6/c1-8-9(5-12-6-13-8)10-3-4-11-7-14(10)2;1-8-5-12-6-13-10(8)9-3-4-11-7-14(9)2;4*1-2/h2*3-7H,1-2H3;4*1-2H3/q2*+1;;;;. The Hall–Kier alpha value is -3.68. The largest absolute Gasteiger partial charge is 0.286 e. The van der Waals surface area contributed by atoms with Gasteiger partial charge in [-0.05, 0) is 19.4 Å². The fourth-order valence-electron chi connectivity index (χ4n) is 2.70. The van der Waals surface area contributed by atoms with Gasteiger partial charge in [0.1, 0.15) is 36.4 Å². The summed E-state index contributed by atoms with van der Waals surface area (Å²) < 4.78 is 3.89. The van der Waals surface area contributed by atoms with Crippen molar-refractivity contribution in [3.63, 3.8) is 0 Å². The summed E-state index contributed by atoms with van der Waals surface area (Å²) in [6.07, 6.45) is 13.8. The molecule has 4 aromatic rings. The van der Waals surface area contributed by atoms with E-state index in [2.05, 4.69) is 29.9 Å². The van der Waals surface area contributed by atoms with Crippen molar-refractivity contribution in [1.29, 1.82) is 0 Å². The Kier molecular flexibility index (Phi) is 20.9. The van der Waals surface area contributed by atoms with Crippen molar-refractivity contribution in [2.45, 2.75) is 69.2 Å². The minimum atomic E-state index is 0.949. The summed E-state index contributed by atoms with van der Waals surface area (Å²) >= 11 is 0. The maximum absolute atomic E-state index is 4.25. The van der Waals surface area contributed by atoms with Gasteiger partial charge in [-0.25, -0.2) is 29.1 Å². The lowest BCUT2D eigenvalue weighted by Gasteiger charge is -2.02. The molecule has 0 bridgehead atoms. The van der Waals surface area contributed by atoms with Crippen molar-refractivity contribution in [2.24, 2.45) is 14.1 Å². The summed E-state index contributed by atoms with van der Waals surface area (Å²) in [6.45, 7) is 20.0. The normalized spacial score (nSPS) is 8.56. The second kappa shape index (κ2) is 21.8. The molecule has 0 aliphatic carbocycles. The van der Waals surface area contributed by atoms with Crippen molar-refractivity contribution in [3.8, 4) is 22.6 Å². The molecule has 0 aromatic carbocycles. The lowest BCUT2D eigenvalue weighted by Crippen LogP contribution is -2.31. The fraction of sp³-hybridized carbons (Fsp3) is 0.429. The Bertz CT molecular complexity index is 910. The average molecular weight is 495 g/mol. The topological polar surface area (TPSA) is 85.1 Å². The van der Waals surface area contributed by atoms with E-state index in [9.17, 15) is 0 Å². The van der Waals surface area contributed by atoms with E-state index < -0.39 is 0 Å². The third kappa shape index (κ3) is 11.2. The summed E-state index contributed by atoms with van der Waals surface area (Å²) in [5.41, 5.74) is 6.14. The van der Waals surface area contributed by atoms with Crippen molar-refractivity contribution in [3.05, 3.63) is 73.5 Å². The smallest absolute Gasteiger partial charge is 0.244 e. The van der Waals surface area contributed by atoms with Crippen LogP contribution in [-0.2, 0) is 14.1 Å². The monoisotopic (exact) mass is 494 g/mol. The summed E-state index contributed by atoms with van der Waals surface area (Å²) in [6, 6.07) is 3.89. The van der Waals surface area contributed by atoms with Gasteiger partial charge in [-0.2, -0.15) is 0 Å². The number of aromatic nitrogens is 8. The zero-order valence-electron chi connectivity index (χ0n) is 24.4. The van der Waals surface area contributed by atoms with Gasteiger partial charge < -0.3 is 0 Å². The van der Waals surface area contributed by atoms with Crippen LogP contribution in [0.15, 0.2) is 62.2 Å². The molecule has 0 saturated heterocycles. The fourth-order valence-corrected chi connectivity index (χ4v) is 2.70. The first kappa shape index (κ1) is 34.5. The van der Waals surface area contributed by atoms with Gasteiger partial charge in [0, 0.05) is 24.5 Å². The zero-order valence-corrected chi connectivity index (χ0v) is 24.4. The number of hydrogen-bond donors (Lipinski definition) is 0. The number of rotatable bonds is 2. The first-order chi connectivity index (χ1) is 17.6. The van der Waals surface area contributed by atoms with Crippen molar-refractivity contribution in [2.75, 3.05) is 0 Å². The van der Waals surface area contributed by atoms with E-state index in [4.69, 9.17) is 0 Å². The summed E-state index contributed by atoms with van der Waals surface area (Å²) in [5.74, 6) is 0. The molecule has 0 radical (unpaired) electrons. The van der Waals surface area contributed by atoms with E-state index in [0.717, 1.165) is 33.9 Å². The lowest BCUT2D eigenvalue weighted by molar-refractivity contribution is -0.663. The molecule has 8 nitrogen and oxygen atoms in total. The van der Waals surface area contributed by atoms with E-state index in [1.165, 1.54) is 0 Å². The van der Waals surface area contributed by atoms with Gasteiger partial charge in [-0.3, -0.25) is 0 Å². The minimum absolute atomic E-state index is 0.949. The molecule has 196 valence electrons. The van der Waals surface area contributed by atoms with Crippen molar-refractivity contribution >= 4 is 0 Å². The van der Waals surface area contributed by atoms with Crippen LogP contribution in [0, 0.1) is 13.8 Å². The zero-order chi connectivity index (χ0) is 27.9. The van der Waals surface area contributed by atoms with Crippen molar-refractivity contribution in [1.82, 2.24) is 29.9 Å². The molecule has 0 spiro atoms. The second-order valence-electron chi connectivity index (χ2n) is 6.23. The van der Waals surface area contributed by atoms with Gasteiger partial charge in [-0.1, -0.05) is 65.4 Å². The van der Waals surface area contributed by atoms with E-state index in [1.807, 2.05) is 117 Å². The summed E-state index contributed by atoms with van der Waals surface area (Å²) in [7, 11) is 3.90. The van der Waals surface area contributed by atoms with Crippen LogP contribution in [0.1, 0.15) is 66.6 Å². The van der Waals surface area contributed by atoms with Gasteiger partial charge in [-0.15, -0.1) is 0 Å². The molecule has 0 aliphatic rings. The predicted molar refractivity (Wildman–Crippen MR) is 148 cm³/mol. The third-order valence-corrected chi connectivity index (χ3v) is 4.20. The molecule has 36 heavy (non-hydrogen) atoms. The Labute approximate surface area is 218 Å². The Morgan fingerprint density at radius 3 is 1.53 bits per heavy atom. The van der Waals surface area contributed by atoms with Crippen LogP contribution in [0.5, 0.6) is 0 Å². The molecule has 0 N–H and O–H groups in total. The van der Waals surface area contributed by atoms with Gasteiger partial charge in [0.05, 0.1) is 25.4 Å². The van der Waals surface area contributed by atoms with Crippen LogP contribution in [0.2, 0.25) is 0 Å². The second-order valence-corrected chi connectivity index (χ2v) is 6.23. The van der Waals surface area contributed by atoms with Crippen LogP contribution >= 0.6 is 0 Å². The first-order valence-electron chi connectivity index (χ1n) is 12.7. The molecule has 0 saturated carbocycles. The molecular weight excluding hydrogens is 448 g/mol. The van der Waals surface area contributed by atoms with E-state index >= 15 is 0 Å². The minimum Gasteiger partial charge on any atom is -0.244 e. The highest BCUT2D eigenvalue weighted by molar-refractivity contribution is 5.56. The van der Waals surface area contributed by atoms with E-state index in [1.54, 1.807) is 37.7 Å². The number of nitrogens with zero attached hydrogens (tertiary/aromatic N) is 8. The maximum Gasteiger partial charge on any atom is 0.286 e.